The molecule has 6 heteroatoms. The van der Waals surface area contributed by atoms with Crippen molar-refractivity contribution in [3.8, 4) is 0 Å². The first-order valence-electron chi connectivity index (χ1n) is 8.57. The molecular formula is C19H24BrN3OS. The first-order chi connectivity index (χ1) is 12.0. The van der Waals surface area contributed by atoms with Crippen molar-refractivity contribution in [2.75, 3.05) is 31.5 Å². The Kier molecular flexibility index (Phi) is 6.28. The minimum Gasteiger partial charge on any atom is -0.324 e. The lowest BCUT2D eigenvalue weighted by Crippen LogP contribution is -2.52. The second kappa shape index (κ2) is 8.45. The van der Waals surface area contributed by atoms with Gasteiger partial charge in [0.1, 0.15) is 0 Å². The Hall–Kier alpha value is -1.21. The Labute approximate surface area is 162 Å². The molecule has 1 fully saturated rings. The van der Waals surface area contributed by atoms with E-state index >= 15 is 0 Å². The second-order valence-corrected chi connectivity index (χ2v) is 8.23. The zero-order valence-corrected chi connectivity index (χ0v) is 17.1. The molecule has 25 heavy (non-hydrogen) atoms. The first kappa shape index (κ1) is 18.6. The molecule has 0 radical (unpaired) electrons. The average Bonchev–Trinajstić information content (AvgIpc) is 3.10. The maximum atomic E-state index is 12.6. The molecule has 0 bridgehead atoms. The summed E-state index contributed by atoms with van der Waals surface area (Å²) in [6.07, 6.45) is 0. The van der Waals surface area contributed by atoms with Gasteiger partial charge >= 0.3 is 0 Å². The van der Waals surface area contributed by atoms with E-state index in [1.54, 1.807) is 11.3 Å². The number of hydrogen-bond acceptors (Lipinski definition) is 4. The summed E-state index contributed by atoms with van der Waals surface area (Å²) in [6, 6.07) is 8.03. The highest BCUT2D eigenvalue weighted by molar-refractivity contribution is 9.10. The van der Waals surface area contributed by atoms with Crippen molar-refractivity contribution >= 4 is 38.9 Å². The molecule has 2 aromatic rings. The largest absolute Gasteiger partial charge is 0.324 e. The lowest BCUT2D eigenvalue weighted by Gasteiger charge is -2.37. The fourth-order valence-corrected chi connectivity index (χ4v) is 4.33. The lowest BCUT2D eigenvalue weighted by molar-refractivity contribution is -0.121. The summed E-state index contributed by atoms with van der Waals surface area (Å²) in [4.78, 5) is 17.3. The number of carbonyl (C=O) groups excluding carboxylic acids is 1. The molecule has 1 aromatic heterocycles. The van der Waals surface area contributed by atoms with Crippen LogP contribution in [0.4, 0.5) is 5.69 Å². The van der Waals surface area contributed by atoms with Crippen LogP contribution in [0.1, 0.15) is 18.1 Å². The fourth-order valence-electron chi connectivity index (χ4n) is 3.07. The zero-order chi connectivity index (χ0) is 17.8. The number of nitrogens with zero attached hydrogens (tertiary/aromatic N) is 2. The molecule has 2 heterocycles. The standard InChI is InChI=1S/C19H24BrN3OS/c1-14-3-4-18(17(20)11-14)21-19(24)15(2)23-8-6-22(7-9-23)12-16-5-10-25-13-16/h3-5,10-11,13,15H,6-9,12H2,1-2H3,(H,21,24)/t15-/m1/s1. The van der Waals surface area contributed by atoms with E-state index in [1.165, 1.54) is 11.1 Å². The van der Waals surface area contributed by atoms with Gasteiger partial charge in [-0.05, 0) is 69.9 Å². The van der Waals surface area contributed by atoms with Gasteiger partial charge < -0.3 is 5.32 Å². The van der Waals surface area contributed by atoms with Gasteiger partial charge in [-0.1, -0.05) is 6.07 Å². The number of halogens is 1. The third-order valence-corrected chi connectivity index (χ3v) is 6.09. The molecule has 1 amide bonds. The molecule has 1 aliphatic heterocycles. The van der Waals surface area contributed by atoms with Crippen LogP contribution >= 0.6 is 27.3 Å². The van der Waals surface area contributed by atoms with Gasteiger partial charge in [-0.25, -0.2) is 0 Å². The van der Waals surface area contributed by atoms with Crippen LogP contribution in [0, 0.1) is 6.92 Å². The third-order valence-electron chi connectivity index (χ3n) is 4.70. The molecule has 0 saturated carbocycles. The summed E-state index contributed by atoms with van der Waals surface area (Å²) in [7, 11) is 0. The van der Waals surface area contributed by atoms with Crippen LogP contribution in [0.25, 0.3) is 0 Å². The third kappa shape index (κ3) is 4.91. The quantitative estimate of drug-likeness (QED) is 0.792. The number of carbonyl (C=O) groups is 1. The molecule has 1 saturated heterocycles. The molecule has 3 rings (SSSR count). The molecule has 134 valence electrons. The van der Waals surface area contributed by atoms with E-state index in [1.807, 2.05) is 32.0 Å². The average molecular weight is 422 g/mol. The predicted molar refractivity (Wildman–Crippen MR) is 108 cm³/mol. The van der Waals surface area contributed by atoms with Crippen molar-refractivity contribution in [3.05, 3.63) is 50.6 Å². The van der Waals surface area contributed by atoms with Gasteiger partial charge in [0, 0.05) is 37.2 Å². The SMILES string of the molecule is Cc1ccc(NC(=O)[C@@H](C)N2CCN(Cc3ccsc3)CC2)c(Br)c1. The van der Waals surface area contributed by atoms with E-state index in [4.69, 9.17) is 0 Å². The normalized spacial score (nSPS) is 17.4. The number of aryl methyl sites for hydroxylation is 1. The smallest absolute Gasteiger partial charge is 0.241 e. The number of amides is 1. The number of piperazine rings is 1. The highest BCUT2D eigenvalue weighted by Gasteiger charge is 2.26. The number of anilines is 1. The van der Waals surface area contributed by atoms with Gasteiger partial charge in [-0.3, -0.25) is 14.6 Å². The van der Waals surface area contributed by atoms with Gasteiger partial charge in [0.2, 0.25) is 5.91 Å². The molecule has 1 N–H and O–H groups in total. The van der Waals surface area contributed by atoms with Gasteiger partial charge in [-0.15, -0.1) is 0 Å². The molecule has 0 aliphatic carbocycles. The molecule has 0 unspecified atom stereocenters. The number of nitrogens with one attached hydrogen (secondary N) is 1. The Morgan fingerprint density at radius 2 is 2.04 bits per heavy atom. The van der Waals surface area contributed by atoms with E-state index in [-0.39, 0.29) is 11.9 Å². The Morgan fingerprint density at radius 1 is 1.28 bits per heavy atom. The second-order valence-electron chi connectivity index (χ2n) is 6.59. The minimum absolute atomic E-state index is 0.0517. The fraction of sp³-hybridized carbons (Fsp3) is 0.421. The van der Waals surface area contributed by atoms with Crippen molar-refractivity contribution in [3.63, 3.8) is 0 Å². The molecule has 0 spiro atoms. The van der Waals surface area contributed by atoms with Crippen LogP contribution < -0.4 is 5.32 Å². The molecule has 1 aliphatic rings. The van der Waals surface area contributed by atoms with Crippen molar-refractivity contribution < 1.29 is 4.79 Å². The van der Waals surface area contributed by atoms with E-state index in [9.17, 15) is 4.79 Å². The predicted octanol–water partition coefficient (Wildman–Crippen LogP) is 3.96. The zero-order valence-electron chi connectivity index (χ0n) is 14.7. The Balaban J connectivity index is 1.51. The van der Waals surface area contributed by atoms with Gasteiger partial charge in [0.25, 0.3) is 0 Å². The van der Waals surface area contributed by atoms with Crippen LogP contribution in [-0.2, 0) is 11.3 Å². The van der Waals surface area contributed by atoms with E-state index < -0.39 is 0 Å². The molecular weight excluding hydrogens is 398 g/mol. The minimum atomic E-state index is -0.128. The summed E-state index contributed by atoms with van der Waals surface area (Å²) < 4.78 is 0.925. The highest BCUT2D eigenvalue weighted by Crippen LogP contribution is 2.24. The van der Waals surface area contributed by atoms with Crippen LogP contribution in [0.3, 0.4) is 0 Å². The number of thiophene rings is 1. The van der Waals surface area contributed by atoms with Crippen molar-refractivity contribution in [1.82, 2.24) is 9.80 Å². The summed E-state index contributed by atoms with van der Waals surface area (Å²) in [5.74, 6) is 0.0517. The first-order valence-corrected chi connectivity index (χ1v) is 10.3. The summed E-state index contributed by atoms with van der Waals surface area (Å²) in [5.41, 5.74) is 3.38. The van der Waals surface area contributed by atoms with Gasteiger partial charge in [0.05, 0.1) is 11.7 Å². The van der Waals surface area contributed by atoms with Crippen LogP contribution in [0.5, 0.6) is 0 Å². The number of benzene rings is 1. The summed E-state index contributed by atoms with van der Waals surface area (Å²) in [5, 5.41) is 7.38. The molecule has 1 aromatic carbocycles. The van der Waals surface area contributed by atoms with E-state index in [2.05, 4.69) is 47.9 Å². The van der Waals surface area contributed by atoms with Gasteiger partial charge in [-0.2, -0.15) is 11.3 Å². The maximum absolute atomic E-state index is 12.6. The van der Waals surface area contributed by atoms with Crippen molar-refractivity contribution in [2.24, 2.45) is 0 Å². The monoisotopic (exact) mass is 421 g/mol. The highest BCUT2D eigenvalue weighted by atomic mass is 79.9. The maximum Gasteiger partial charge on any atom is 0.241 e. The Morgan fingerprint density at radius 3 is 2.68 bits per heavy atom. The lowest BCUT2D eigenvalue weighted by atomic mass is 10.2. The van der Waals surface area contributed by atoms with Crippen LogP contribution in [0.15, 0.2) is 39.5 Å². The molecule has 1 atom stereocenters. The Bertz CT molecular complexity index is 711. The number of rotatable bonds is 5. The molecule has 4 nitrogen and oxygen atoms in total. The van der Waals surface area contributed by atoms with Crippen molar-refractivity contribution in [1.29, 1.82) is 0 Å². The summed E-state index contributed by atoms with van der Waals surface area (Å²) in [6.45, 7) is 8.89. The van der Waals surface area contributed by atoms with E-state index in [0.717, 1.165) is 42.9 Å². The number of hydrogen-bond donors (Lipinski definition) is 1. The summed E-state index contributed by atoms with van der Waals surface area (Å²) >= 11 is 5.27. The van der Waals surface area contributed by atoms with Crippen LogP contribution in [0.2, 0.25) is 0 Å². The van der Waals surface area contributed by atoms with Crippen LogP contribution in [-0.4, -0.2) is 47.9 Å². The topological polar surface area (TPSA) is 35.6 Å². The van der Waals surface area contributed by atoms with E-state index in [0.29, 0.717) is 0 Å². The van der Waals surface area contributed by atoms with Gasteiger partial charge in [0.15, 0.2) is 0 Å². The van der Waals surface area contributed by atoms with Crippen molar-refractivity contribution in [2.45, 2.75) is 26.4 Å².